The number of aryl methyl sites for hydroxylation is 1. The normalized spacial score (nSPS) is 11.9. The molecule has 0 saturated heterocycles. The van der Waals surface area contributed by atoms with Gasteiger partial charge in [-0.1, -0.05) is 157 Å². The molecular weight excluding hydrogens is 645 g/mol. The Morgan fingerprint density at radius 1 is 0.308 bits per heavy atom. The fourth-order valence-electron chi connectivity index (χ4n) is 8.64. The van der Waals surface area contributed by atoms with E-state index in [9.17, 15) is 0 Å². The lowest BCUT2D eigenvalue weighted by Gasteiger charge is -2.34. The van der Waals surface area contributed by atoms with E-state index in [2.05, 4.69) is 216 Å². The average molecular weight is 681 g/mol. The van der Waals surface area contributed by atoms with Crippen molar-refractivity contribution in [3.63, 3.8) is 0 Å². The molecule has 0 aliphatic rings. The van der Waals surface area contributed by atoms with Crippen molar-refractivity contribution in [3.05, 3.63) is 206 Å². The number of benzene rings is 8. The zero-order valence-electron chi connectivity index (χ0n) is 28.9. The Bertz CT molecular complexity index is 2810. The number of aromatic nitrogens is 2. The van der Waals surface area contributed by atoms with Gasteiger partial charge in [0.25, 0.3) is 0 Å². The number of nitrogens with zero attached hydrogens (tertiary/aromatic N) is 2. The van der Waals surface area contributed by atoms with E-state index in [0.29, 0.717) is 0 Å². The minimum Gasteiger partial charge on any atom is -0.309 e. The van der Waals surface area contributed by atoms with Crippen LogP contribution in [0.5, 0.6) is 0 Å². The summed E-state index contributed by atoms with van der Waals surface area (Å²) < 4.78 is 4.88. The summed E-state index contributed by atoms with van der Waals surface area (Å²) in [5.74, 6) is 0. The number of rotatable bonds is 6. The molecule has 0 unspecified atom stereocenters. The number of para-hydroxylation sites is 3. The lowest BCUT2D eigenvalue weighted by molar-refractivity contribution is 1.17. The predicted octanol–water partition coefficient (Wildman–Crippen LogP) is 9.57. The number of hydrogen-bond donors (Lipinski definition) is 0. The smallest absolute Gasteiger partial charge is 0.179 e. The predicted molar refractivity (Wildman–Crippen MR) is 223 cm³/mol. The van der Waals surface area contributed by atoms with E-state index in [1.807, 2.05) is 0 Å². The molecule has 8 aromatic carbocycles. The van der Waals surface area contributed by atoms with Crippen LogP contribution in [0, 0.1) is 6.92 Å². The maximum atomic E-state index is 2.47. The molecule has 0 aliphatic heterocycles. The second kappa shape index (κ2) is 12.1. The highest BCUT2D eigenvalue weighted by Crippen LogP contribution is 2.36. The lowest BCUT2D eigenvalue weighted by atomic mass is 10.1. The van der Waals surface area contributed by atoms with Gasteiger partial charge in [-0.05, 0) is 76.2 Å². The van der Waals surface area contributed by atoms with Crippen LogP contribution >= 0.6 is 0 Å². The molecule has 2 nitrogen and oxygen atoms in total. The van der Waals surface area contributed by atoms with Crippen LogP contribution < -0.4 is 20.7 Å². The van der Waals surface area contributed by atoms with Crippen molar-refractivity contribution in [2.24, 2.45) is 0 Å². The van der Waals surface area contributed by atoms with Gasteiger partial charge < -0.3 is 9.13 Å². The summed E-state index contributed by atoms with van der Waals surface area (Å²) in [7, 11) is -2.72. The highest BCUT2D eigenvalue weighted by Gasteiger charge is 2.41. The Hall–Kier alpha value is -6.42. The minimum absolute atomic E-state index is 1.17. The fourth-order valence-corrected chi connectivity index (χ4v) is 13.4. The summed E-state index contributed by atoms with van der Waals surface area (Å²) in [4.78, 5) is 0. The van der Waals surface area contributed by atoms with Crippen molar-refractivity contribution >= 4 is 72.4 Å². The van der Waals surface area contributed by atoms with Gasteiger partial charge in [-0.15, -0.1) is 0 Å². The molecule has 0 amide bonds. The summed E-state index contributed by atoms with van der Waals surface area (Å²) in [6.07, 6.45) is 0. The van der Waals surface area contributed by atoms with Gasteiger partial charge in [-0.3, -0.25) is 0 Å². The summed E-state index contributed by atoms with van der Waals surface area (Å²) >= 11 is 0. The number of hydrogen-bond acceptors (Lipinski definition) is 0. The number of fused-ring (bicyclic) bond motifs is 6. The van der Waals surface area contributed by atoms with Crippen molar-refractivity contribution in [3.8, 4) is 11.4 Å². The average Bonchev–Trinajstić information content (AvgIpc) is 3.72. The molecule has 2 aromatic heterocycles. The van der Waals surface area contributed by atoms with E-state index in [1.54, 1.807) is 0 Å². The first kappa shape index (κ1) is 30.4. The van der Waals surface area contributed by atoms with Crippen LogP contribution in [0.3, 0.4) is 0 Å². The minimum atomic E-state index is -2.72. The van der Waals surface area contributed by atoms with Gasteiger partial charge in [0, 0.05) is 32.9 Å². The van der Waals surface area contributed by atoms with Crippen molar-refractivity contribution in [2.45, 2.75) is 6.92 Å². The van der Waals surface area contributed by atoms with E-state index >= 15 is 0 Å². The molecule has 10 aromatic rings. The fraction of sp³-hybridized carbons (Fsp3) is 0.0204. The molecular formula is C49H36N2Si. The molecule has 10 rings (SSSR count). The largest absolute Gasteiger partial charge is 0.309 e. The molecule has 2 heterocycles. The second-order valence-corrected chi connectivity index (χ2v) is 17.6. The third-order valence-electron chi connectivity index (χ3n) is 10.9. The molecule has 0 bridgehead atoms. The van der Waals surface area contributed by atoms with E-state index in [-0.39, 0.29) is 0 Å². The second-order valence-electron chi connectivity index (χ2n) is 13.8. The first-order valence-corrected chi connectivity index (χ1v) is 20.0. The van der Waals surface area contributed by atoms with E-state index in [1.165, 1.54) is 81.3 Å². The summed E-state index contributed by atoms with van der Waals surface area (Å²) in [6, 6.07) is 74.4. The van der Waals surface area contributed by atoms with Crippen LogP contribution in [-0.4, -0.2) is 17.2 Å². The zero-order chi connectivity index (χ0) is 34.6. The van der Waals surface area contributed by atoms with Crippen LogP contribution in [0.2, 0.25) is 0 Å². The molecule has 0 fully saturated rings. The van der Waals surface area contributed by atoms with Gasteiger partial charge in [0.05, 0.1) is 22.1 Å². The van der Waals surface area contributed by atoms with Crippen LogP contribution in [-0.2, 0) is 0 Å². The Balaban J connectivity index is 1.23. The van der Waals surface area contributed by atoms with Crippen LogP contribution in [0.15, 0.2) is 200 Å². The maximum Gasteiger partial charge on any atom is 0.179 e. The standard InChI is InChI=1S/C49H36N2Si/c1-35-27-30-40(31-28-35)52(38-16-4-2-5-17-38,39-18-6-3-7-19-39)41-20-14-15-36(33-41)50-48-26-13-10-23-44(48)45-34-37(29-32-49(45)50)51-46-24-11-8-21-42(46)43-22-9-12-25-47(43)51/h2-34H,1H3. The van der Waals surface area contributed by atoms with Gasteiger partial charge in [-0.25, -0.2) is 0 Å². The molecule has 52 heavy (non-hydrogen) atoms. The summed E-state index contributed by atoms with van der Waals surface area (Å²) in [6.45, 7) is 2.17. The van der Waals surface area contributed by atoms with E-state index in [4.69, 9.17) is 0 Å². The molecule has 0 N–H and O–H groups in total. The topological polar surface area (TPSA) is 9.86 Å². The Kier molecular flexibility index (Phi) is 7.09. The van der Waals surface area contributed by atoms with Crippen LogP contribution in [0.1, 0.15) is 5.56 Å². The molecule has 0 spiro atoms. The highest BCUT2D eigenvalue weighted by atomic mass is 28.3. The molecule has 3 heteroatoms. The Morgan fingerprint density at radius 2 is 0.731 bits per heavy atom. The van der Waals surface area contributed by atoms with Crippen molar-refractivity contribution < 1.29 is 0 Å². The Labute approximate surface area is 304 Å². The van der Waals surface area contributed by atoms with Crippen LogP contribution in [0.25, 0.3) is 55.0 Å². The quantitative estimate of drug-likeness (QED) is 0.122. The van der Waals surface area contributed by atoms with E-state index < -0.39 is 8.07 Å². The summed E-state index contributed by atoms with van der Waals surface area (Å²) in [5.41, 5.74) is 8.45. The SMILES string of the molecule is Cc1ccc([Si](c2ccccc2)(c2ccccc2)c2cccc(-n3c4ccccc4c4cc(-n5c6ccccc6c6ccccc65)ccc43)c2)cc1. The Morgan fingerprint density at radius 3 is 1.29 bits per heavy atom. The van der Waals surface area contributed by atoms with Gasteiger partial charge in [-0.2, -0.15) is 0 Å². The molecule has 0 aliphatic carbocycles. The van der Waals surface area contributed by atoms with Crippen molar-refractivity contribution in [1.29, 1.82) is 0 Å². The first-order valence-electron chi connectivity index (χ1n) is 18.0. The molecule has 0 atom stereocenters. The maximum absolute atomic E-state index is 2.72. The van der Waals surface area contributed by atoms with Gasteiger partial charge in [0.1, 0.15) is 0 Å². The highest BCUT2D eigenvalue weighted by molar-refractivity contribution is 7.19. The third-order valence-corrected chi connectivity index (χ3v) is 15.7. The molecule has 0 saturated carbocycles. The van der Waals surface area contributed by atoms with E-state index in [0.717, 1.165) is 0 Å². The van der Waals surface area contributed by atoms with Gasteiger partial charge in [0.2, 0.25) is 0 Å². The summed E-state index contributed by atoms with van der Waals surface area (Å²) in [5, 5.41) is 10.5. The third kappa shape index (κ3) is 4.56. The monoisotopic (exact) mass is 680 g/mol. The van der Waals surface area contributed by atoms with Crippen molar-refractivity contribution in [1.82, 2.24) is 9.13 Å². The van der Waals surface area contributed by atoms with Gasteiger partial charge >= 0.3 is 0 Å². The van der Waals surface area contributed by atoms with Crippen LogP contribution in [0.4, 0.5) is 0 Å². The zero-order valence-corrected chi connectivity index (χ0v) is 29.9. The first-order chi connectivity index (χ1) is 25.7. The lowest BCUT2D eigenvalue weighted by Crippen LogP contribution is -2.74. The van der Waals surface area contributed by atoms with Gasteiger partial charge in [0.15, 0.2) is 8.07 Å². The molecule has 0 radical (unpaired) electrons. The molecule has 246 valence electrons. The van der Waals surface area contributed by atoms with Crippen molar-refractivity contribution in [2.75, 3.05) is 0 Å².